The Bertz CT molecular complexity index is 659. The third-order valence-electron chi connectivity index (χ3n) is 4.12. The maximum Gasteiger partial charge on any atom is 0.248 e. The van der Waals surface area contributed by atoms with Crippen LogP contribution in [-0.4, -0.2) is 20.7 Å². The van der Waals surface area contributed by atoms with Crippen LogP contribution in [0.1, 0.15) is 37.1 Å². The molecule has 0 radical (unpaired) electrons. The van der Waals surface area contributed by atoms with Crippen LogP contribution in [0.4, 0.5) is 8.78 Å². The lowest BCUT2D eigenvalue weighted by molar-refractivity contribution is -0.0457. The number of alkyl halides is 2. The number of aryl methyl sites for hydroxylation is 1. The highest BCUT2D eigenvalue weighted by atomic mass is 35.5. The third kappa shape index (κ3) is 3.64. The van der Waals surface area contributed by atoms with Crippen LogP contribution in [0, 0.1) is 12.8 Å². The highest BCUT2D eigenvalue weighted by molar-refractivity contribution is 6.30. The second-order valence-corrected chi connectivity index (χ2v) is 6.48. The fourth-order valence-corrected chi connectivity index (χ4v) is 3.12. The lowest BCUT2D eigenvalue weighted by Crippen LogP contribution is -2.25. The van der Waals surface area contributed by atoms with Gasteiger partial charge in [-0.05, 0) is 44.2 Å². The lowest BCUT2D eigenvalue weighted by Gasteiger charge is -2.28. The molecule has 0 unspecified atom stereocenters. The van der Waals surface area contributed by atoms with E-state index < -0.39 is 5.92 Å². The molecule has 0 amide bonds. The maximum atomic E-state index is 13.2. The van der Waals surface area contributed by atoms with Crippen molar-refractivity contribution < 1.29 is 8.78 Å². The summed E-state index contributed by atoms with van der Waals surface area (Å²) in [4.78, 5) is 4.58. The van der Waals surface area contributed by atoms with Gasteiger partial charge >= 0.3 is 0 Å². The van der Waals surface area contributed by atoms with Gasteiger partial charge in [-0.25, -0.2) is 18.4 Å². The standard InChI is InChI=1S/C16H18ClF2N3/c1-11-4-7-22(21-11)15-10-13(17)9-14(20-15)8-12-2-5-16(18,19)6-3-12/h4,7,9-10,12H,2-3,5-6,8H2,1H3. The molecule has 0 saturated heterocycles. The van der Waals surface area contributed by atoms with Crippen LogP contribution < -0.4 is 0 Å². The number of nitrogens with zero attached hydrogens (tertiary/aromatic N) is 3. The van der Waals surface area contributed by atoms with E-state index in [1.807, 2.05) is 25.3 Å². The summed E-state index contributed by atoms with van der Waals surface area (Å²) >= 11 is 6.17. The number of halogens is 3. The van der Waals surface area contributed by atoms with E-state index in [2.05, 4.69) is 10.1 Å². The molecule has 3 nitrogen and oxygen atoms in total. The summed E-state index contributed by atoms with van der Waals surface area (Å²) in [6, 6.07) is 5.46. The molecule has 1 fully saturated rings. The van der Waals surface area contributed by atoms with Crippen LogP contribution in [0.2, 0.25) is 5.02 Å². The van der Waals surface area contributed by atoms with E-state index in [0.29, 0.717) is 30.1 Å². The normalized spacial score (nSPS) is 18.5. The molecule has 0 bridgehead atoms. The van der Waals surface area contributed by atoms with Gasteiger partial charge in [-0.2, -0.15) is 5.10 Å². The van der Waals surface area contributed by atoms with E-state index in [0.717, 1.165) is 11.4 Å². The molecule has 6 heteroatoms. The zero-order valence-electron chi connectivity index (χ0n) is 12.4. The Hall–Kier alpha value is -1.49. The molecule has 2 aromatic rings. The van der Waals surface area contributed by atoms with Gasteiger partial charge in [-0.15, -0.1) is 0 Å². The van der Waals surface area contributed by atoms with Gasteiger partial charge in [0, 0.05) is 35.8 Å². The Balaban J connectivity index is 1.76. The molecular formula is C16H18ClF2N3. The summed E-state index contributed by atoms with van der Waals surface area (Å²) < 4.78 is 28.1. The van der Waals surface area contributed by atoms with Crippen molar-refractivity contribution in [1.29, 1.82) is 0 Å². The second-order valence-electron chi connectivity index (χ2n) is 6.04. The van der Waals surface area contributed by atoms with Crippen molar-refractivity contribution in [2.75, 3.05) is 0 Å². The van der Waals surface area contributed by atoms with Crippen LogP contribution in [0.3, 0.4) is 0 Å². The first-order valence-electron chi connectivity index (χ1n) is 7.48. The Labute approximate surface area is 133 Å². The molecule has 22 heavy (non-hydrogen) atoms. The van der Waals surface area contributed by atoms with E-state index in [9.17, 15) is 8.78 Å². The minimum atomic E-state index is -2.49. The fourth-order valence-electron chi connectivity index (χ4n) is 2.90. The largest absolute Gasteiger partial charge is 0.248 e. The van der Waals surface area contributed by atoms with Gasteiger partial charge in [0.2, 0.25) is 5.92 Å². The topological polar surface area (TPSA) is 30.7 Å². The zero-order valence-corrected chi connectivity index (χ0v) is 13.2. The summed E-state index contributed by atoms with van der Waals surface area (Å²) in [6.45, 7) is 1.91. The monoisotopic (exact) mass is 325 g/mol. The predicted octanol–water partition coefficient (Wildman–Crippen LogP) is 4.60. The number of hydrogen-bond acceptors (Lipinski definition) is 2. The lowest BCUT2D eigenvalue weighted by atomic mass is 9.84. The van der Waals surface area contributed by atoms with Crippen molar-refractivity contribution in [3.05, 3.63) is 40.8 Å². The number of pyridine rings is 1. The van der Waals surface area contributed by atoms with Gasteiger partial charge in [0.15, 0.2) is 5.82 Å². The van der Waals surface area contributed by atoms with E-state index in [1.54, 1.807) is 10.7 Å². The summed E-state index contributed by atoms with van der Waals surface area (Å²) in [7, 11) is 0. The van der Waals surface area contributed by atoms with E-state index in [-0.39, 0.29) is 18.8 Å². The maximum absolute atomic E-state index is 13.2. The molecule has 2 aromatic heterocycles. The van der Waals surface area contributed by atoms with Gasteiger partial charge < -0.3 is 0 Å². The van der Waals surface area contributed by atoms with Gasteiger partial charge in [0.05, 0.1) is 5.69 Å². The van der Waals surface area contributed by atoms with Gasteiger partial charge in [-0.3, -0.25) is 0 Å². The van der Waals surface area contributed by atoms with Crippen molar-refractivity contribution in [2.24, 2.45) is 5.92 Å². The van der Waals surface area contributed by atoms with Gasteiger partial charge in [0.1, 0.15) is 0 Å². The molecular weight excluding hydrogens is 308 g/mol. The first kappa shape index (κ1) is 15.4. The van der Waals surface area contributed by atoms with Crippen molar-refractivity contribution in [2.45, 2.75) is 45.0 Å². The number of hydrogen-bond donors (Lipinski definition) is 0. The second kappa shape index (κ2) is 5.95. The smallest absolute Gasteiger partial charge is 0.234 e. The summed E-state index contributed by atoms with van der Waals surface area (Å²) in [5.74, 6) is -1.58. The molecule has 1 saturated carbocycles. The van der Waals surface area contributed by atoms with Crippen molar-refractivity contribution in [1.82, 2.24) is 14.8 Å². The first-order valence-corrected chi connectivity index (χ1v) is 7.86. The van der Waals surface area contributed by atoms with Gasteiger partial charge in [-0.1, -0.05) is 11.6 Å². The first-order chi connectivity index (χ1) is 10.4. The average Bonchev–Trinajstić information content (AvgIpc) is 2.87. The van der Waals surface area contributed by atoms with E-state index in [1.165, 1.54) is 0 Å². The van der Waals surface area contributed by atoms with Crippen molar-refractivity contribution in [3.63, 3.8) is 0 Å². The molecule has 0 aliphatic heterocycles. The number of rotatable bonds is 3. The predicted molar refractivity (Wildman–Crippen MR) is 81.7 cm³/mol. The molecule has 1 aliphatic carbocycles. The Morgan fingerprint density at radius 1 is 1.32 bits per heavy atom. The molecule has 1 aliphatic rings. The molecule has 0 N–H and O–H groups in total. The summed E-state index contributed by atoms with van der Waals surface area (Å²) in [5.41, 5.74) is 1.74. The molecule has 118 valence electrons. The van der Waals surface area contributed by atoms with Crippen LogP contribution >= 0.6 is 11.6 Å². The minimum absolute atomic E-state index is 0.0244. The number of aromatic nitrogens is 3. The van der Waals surface area contributed by atoms with E-state index >= 15 is 0 Å². The third-order valence-corrected chi connectivity index (χ3v) is 4.34. The highest BCUT2D eigenvalue weighted by Gasteiger charge is 2.34. The Morgan fingerprint density at radius 2 is 2.05 bits per heavy atom. The summed E-state index contributed by atoms with van der Waals surface area (Å²) in [6.07, 6.45) is 3.55. The van der Waals surface area contributed by atoms with Crippen LogP contribution in [0.5, 0.6) is 0 Å². The van der Waals surface area contributed by atoms with E-state index in [4.69, 9.17) is 11.6 Å². The van der Waals surface area contributed by atoms with Crippen LogP contribution in [0.15, 0.2) is 24.4 Å². The molecule has 2 heterocycles. The van der Waals surface area contributed by atoms with Gasteiger partial charge in [0.25, 0.3) is 0 Å². The molecule has 0 aromatic carbocycles. The van der Waals surface area contributed by atoms with Crippen LogP contribution in [-0.2, 0) is 6.42 Å². The van der Waals surface area contributed by atoms with Crippen molar-refractivity contribution in [3.8, 4) is 5.82 Å². The highest BCUT2D eigenvalue weighted by Crippen LogP contribution is 2.37. The molecule has 0 atom stereocenters. The SMILES string of the molecule is Cc1ccn(-c2cc(Cl)cc(CC3CCC(F)(F)CC3)n2)n1. The quantitative estimate of drug-likeness (QED) is 0.826. The minimum Gasteiger partial charge on any atom is -0.234 e. The molecule has 0 spiro atoms. The Morgan fingerprint density at radius 3 is 2.68 bits per heavy atom. The average molecular weight is 326 g/mol. The van der Waals surface area contributed by atoms with Crippen LogP contribution in [0.25, 0.3) is 5.82 Å². The Kier molecular flexibility index (Phi) is 4.17. The summed E-state index contributed by atoms with van der Waals surface area (Å²) in [5, 5.41) is 4.92. The fraction of sp³-hybridized carbons (Fsp3) is 0.500. The van der Waals surface area contributed by atoms with Crippen molar-refractivity contribution >= 4 is 11.6 Å². The zero-order chi connectivity index (χ0) is 15.7. The molecule has 3 rings (SSSR count).